The standard InChI is InChI=1S/C8H9BrN2O2S/c1-4-5(9)6(7(12)13-2)11-8(10-4)14-3/h1-3H3. The molecule has 0 saturated carbocycles. The number of esters is 1. The molecule has 76 valence electrons. The highest BCUT2D eigenvalue weighted by molar-refractivity contribution is 9.10. The molecule has 0 aliphatic heterocycles. The third-order valence-corrected chi connectivity index (χ3v) is 3.05. The number of methoxy groups -OCH3 is 1. The van der Waals surface area contributed by atoms with Gasteiger partial charge >= 0.3 is 5.97 Å². The lowest BCUT2D eigenvalue weighted by atomic mass is 10.3. The summed E-state index contributed by atoms with van der Waals surface area (Å²) in [6, 6.07) is 0. The summed E-state index contributed by atoms with van der Waals surface area (Å²) in [4.78, 5) is 19.5. The molecular weight excluding hydrogens is 268 g/mol. The van der Waals surface area contributed by atoms with Gasteiger partial charge in [-0.05, 0) is 29.1 Å². The zero-order chi connectivity index (χ0) is 10.7. The van der Waals surface area contributed by atoms with E-state index in [4.69, 9.17) is 0 Å². The maximum Gasteiger partial charge on any atom is 0.358 e. The Hall–Kier alpha value is -0.620. The molecule has 14 heavy (non-hydrogen) atoms. The number of thioether (sulfide) groups is 1. The minimum atomic E-state index is -0.460. The zero-order valence-electron chi connectivity index (χ0n) is 8.00. The topological polar surface area (TPSA) is 52.1 Å². The number of hydrogen-bond donors (Lipinski definition) is 0. The Kier molecular flexibility index (Phi) is 3.88. The molecule has 0 unspecified atom stereocenters. The molecule has 0 amide bonds. The molecule has 0 spiro atoms. The molecule has 0 fully saturated rings. The van der Waals surface area contributed by atoms with Crippen LogP contribution in [-0.4, -0.2) is 29.3 Å². The van der Waals surface area contributed by atoms with Crippen LogP contribution in [0.4, 0.5) is 0 Å². The molecule has 0 saturated heterocycles. The van der Waals surface area contributed by atoms with Crippen LogP contribution in [-0.2, 0) is 4.74 Å². The Balaban J connectivity index is 3.27. The van der Waals surface area contributed by atoms with Crippen molar-refractivity contribution in [1.29, 1.82) is 0 Å². The Morgan fingerprint density at radius 1 is 1.50 bits per heavy atom. The van der Waals surface area contributed by atoms with Gasteiger partial charge in [-0.1, -0.05) is 11.8 Å². The molecule has 0 bridgehead atoms. The predicted molar refractivity (Wildman–Crippen MR) is 57.6 cm³/mol. The lowest BCUT2D eigenvalue weighted by Crippen LogP contribution is -2.08. The molecule has 1 aromatic heterocycles. The molecular formula is C8H9BrN2O2S. The summed E-state index contributed by atoms with van der Waals surface area (Å²) < 4.78 is 5.19. The molecule has 0 aromatic carbocycles. The van der Waals surface area contributed by atoms with Crippen molar-refractivity contribution in [2.75, 3.05) is 13.4 Å². The van der Waals surface area contributed by atoms with Crippen LogP contribution < -0.4 is 0 Å². The van der Waals surface area contributed by atoms with Crippen LogP contribution in [0.2, 0.25) is 0 Å². The van der Waals surface area contributed by atoms with Crippen molar-refractivity contribution in [3.05, 3.63) is 15.9 Å². The van der Waals surface area contributed by atoms with Crippen LogP contribution in [0.1, 0.15) is 16.2 Å². The predicted octanol–water partition coefficient (Wildman–Crippen LogP) is 2.06. The maximum atomic E-state index is 11.3. The molecule has 0 aliphatic rings. The minimum Gasteiger partial charge on any atom is -0.464 e. The fourth-order valence-corrected chi connectivity index (χ4v) is 1.61. The summed E-state index contributed by atoms with van der Waals surface area (Å²) in [5.74, 6) is -0.460. The highest BCUT2D eigenvalue weighted by Crippen LogP contribution is 2.21. The normalized spacial score (nSPS) is 10.0. The Bertz CT molecular complexity index is 371. The summed E-state index contributed by atoms with van der Waals surface area (Å²) >= 11 is 4.63. The molecule has 1 aromatic rings. The van der Waals surface area contributed by atoms with E-state index < -0.39 is 5.97 Å². The van der Waals surface area contributed by atoms with Gasteiger partial charge in [0.25, 0.3) is 0 Å². The second-order valence-corrected chi connectivity index (χ2v) is 4.02. The SMILES string of the molecule is COC(=O)c1nc(SC)nc(C)c1Br. The number of nitrogens with zero attached hydrogens (tertiary/aromatic N) is 2. The van der Waals surface area contributed by atoms with E-state index in [0.29, 0.717) is 9.63 Å². The number of ether oxygens (including phenoxy) is 1. The van der Waals surface area contributed by atoms with Crippen molar-refractivity contribution >= 4 is 33.7 Å². The first-order valence-corrected chi connectivity index (χ1v) is 5.78. The fraction of sp³-hybridized carbons (Fsp3) is 0.375. The Labute approximate surface area is 94.6 Å². The number of hydrogen-bond acceptors (Lipinski definition) is 5. The third-order valence-electron chi connectivity index (χ3n) is 1.56. The van der Waals surface area contributed by atoms with Crippen LogP contribution in [0.15, 0.2) is 9.63 Å². The number of carbonyl (C=O) groups is 1. The van der Waals surface area contributed by atoms with Crippen LogP contribution in [0.25, 0.3) is 0 Å². The van der Waals surface area contributed by atoms with Crippen LogP contribution in [0.5, 0.6) is 0 Å². The van der Waals surface area contributed by atoms with Crippen LogP contribution in [0.3, 0.4) is 0 Å². The number of halogens is 1. The van der Waals surface area contributed by atoms with Crippen molar-refractivity contribution in [2.24, 2.45) is 0 Å². The van der Waals surface area contributed by atoms with Gasteiger partial charge in [0.2, 0.25) is 0 Å². The molecule has 1 rings (SSSR count). The first kappa shape index (κ1) is 11.5. The molecule has 0 radical (unpaired) electrons. The van der Waals surface area contributed by atoms with Gasteiger partial charge in [-0.3, -0.25) is 0 Å². The maximum absolute atomic E-state index is 11.3. The molecule has 0 N–H and O–H groups in total. The van der Waals surface area contributed by atoms with Gasteiger partial charge in [-0.2, -0.15) is 0 Å². The lowest BCUT2D eigenvalue weighted by molar-refractivity contribution is 0.0591. The average molecular weight is 277 g/mol. The van der Waals surface area contributed by atoms with Gasteiger partial charge in [0, 0.05) is 0 Å². The second-order valence-electron chi connectivity index (χ2n) is 2.45. The average Bonchev–Trinajstić information content (AvgIpc) is 2.20. The van der Waals surface area contributed by atoms with E-state index in [-0.39, 0.29) is 5.69 Å². The molecule has 1 heterocycles. The van der Waals surface area contributed by atoms with Gasteiger partial charge in [0.15, 0.2) is 10.9 Å². The third kappa shape index (κ3) is 2.24. The van der Waals surface area contributed by atoms with Crippen molar-refractivity contribution < 1.29 is 9.53 Å². The first-order chi connectivity index (χ1) is 6.60. The van der Waals surface area contributed by atoms with Gasteiger partial charge < -0.3 is 4.74 Å². The number of aromatic nitrogens is 2. The summed E-state index contributed by atoms with van der Waals surface area (Å²) in [5, 5.41) is 0.561. The van der Waals surface area contributed by atoms with E-state index in [1.54, 1.807) is 6.92 Å². The van der Waals surface area contributed by atoms with Gasteiger partial charge in [0.05, 0.1) is 17.3 Å². The number of aryl methyl sites for hydroxylation is 1. The second kappa shape index (κ2) is 4.75. The smallest absolute Gasteiger partial charge is 0.358 e. The highest BCUT2D eigenvalue weighted by Gasteiger charge is 2.16. The van der Waals surface area contributed by atoms with Crippen LogP contribution >= 0.6 is 27.7 Å². The van der Waals surface area contributed by atoms with E-state index in [1.165, 1.54) is 18.9 Å². The lowest BCUT2D eigenvalue weighted by Gasteiger charge is -2.05. The van der Waals surface area contributed by atoms with Crippen molar-refractivity contribution in [3.63, 3.8) is 0 Å². The highest BCUT2D eigenvalue weighted by atomic mass is 79.9. The van der Waals surface area contributed by atoms with Gasteiger partial charge in [-0.15, -0.1) is 0 Å². The van der Waals surface area contributed by atoms with E-state index in [1.807, 2.05) is 6.26 Å². The summed E-state index contributed by atoms with van der Waals surface area (Å²) in [5.41, 5.74) is 0.995. The zero-order valence-corrected chi connectivity index (χ0v) is 10.4. The Morgan fingerprint density at radius 2 is 2.14 bits per heavy atom. The summed E-state index contributed by atoms with van der Waals surface area (Å²) in [6.45, 7) is 1.80. The quantitative estimate of drug-likeness (QED) is 0.470. The monoisotopic (exact) mass is 276 g/mol. The van der Waals surface area contributed by atoms with E-state index in [9.17, 15) is 4.79 Å². The summed E-state index contributed by atoms with van der Waals surface area (Å²) in [6.07, 6.45) is 1.85. The number of carbonyl (C=O) groups excluding carboxylic acids is 1. The van der Waals surface area contributed by atoms with Crippen molar-refractivity contribution in [1.82, 2.24) is 9.97 Å². The number of rotatable bonds is 2. The van der Waals surface area contributed by atoms with Crippen molar-refractivity contribution in [2.45, 2.75) is 12.1 Å². The Morgan fingerprint density at radius 3 is 2.64 bits per heavy atom. The molecule has 6 heteroatoms. The molecule has 4 nitrogen and oxygen atoms in total. The van der Waals surface area contributed by atoms with Crippen LogP contribution in [0, 0.1) is 6.92 Å². The van der Waals surface area contributed by atoms with Gasteiger partial charge in [0.1, 0.15) is 0 Å². The molecule has 0 atom stereocenters. The molecule has 0 aliphatic carbocycles. The minimum absolute atomic E-state index is 0.268. The van der Waals surface area contributed by atoms with E-state index >= 15 is 0 Å². The largest absolute Gasteiger partial charge is 0.464 e. The van der Waals surface area contributed by atoms with Gasteiger partial charge in [-0.25, -0.2) is 14.8 Å². The van der Waals surface area contributed by atoms with E-state index in [2.05, 4.69) is 30.6 Å². The summed E-state index contributed by atoms with van der Waals surface area (Å²) in [7, 11) is 1.32. The van der Waals surface area contributed by atoms with E-state index in [0.717, 1.165) is 5.69 Å². The van der Waals surface area contributed by atoms with Crippen molar-refractivity contribution in [3.8, 4) is 0 Å². The fourth-order valence-electron chi connectivity index (χ4n) is 0.857. The first-order valence-electron chi connectivity index (χ1n) is 3.76.